The second-order valence-electron chi connectivity index (χ2n) is 3.52. The number of hydrogen-bond donors (Lipinski definition) is 1. The lowest BCUT2D eigenvalue weighted by Gasteiger charge is -2.02. The third kappa shape index (κ3) is 3.85. The molecule has 0 unspecified atom stereocenters. The summed E-state index contributed by atoms with van der Waals surface area (Å²) in [6, 6.07) is 11.9. The van der Waals surface area contributed by atoms with E-state index >= 15 is 0 Å². The highest BCUT2D eigenvalue weighted by Crippen LogP contribution is 2.13. The minimum Gasteiger partial charge on any atom is -0.459 e. The summed E-state index contributed by atoms with van der Waals surface area (Å²) in [5.74, 6) is 0.374. The van der Waals surface area contributed by atoms with Gasteiger partial charge in [0, 0.05) is 6.07 Å². The fourth-order valence-corrected chi connectivity index (χ4v) is 1.74. The summed E-state index contributed by atoms with van der Waals surface area (Å²) >= 11 is 3.23. The third-order valence-electron chi connectivity index (χ3n) is 2.11. The van der Waals surface area contributed by atoms with Crippen molar-refractivity contribution in [1.82, 2.24) is 9.97 Å². The normalized spacial score (nSPS) is 10.7. The topological polar surface area (TPSA) is 61.0 Å². The molecule has 0 amide bonds. The van der Waals surface area contributed by atoms with Gasteiger partial charge in [-0.1, -0.05) is 36.4 Å². The Morgan fingerprint density at radius 1 is 1.22 bits per heavy atom. The molecule has 1 aromatic heterocycles. The second-order valence-corrected chi connectivity index (χ2v) is 4.33. The molecule has 0 radical (unpaired) electrons. The molecule has 1 aromatic carbocycles. The van der Waals surface area contributed by atoms with E-state index in [1.54, 1.807) is 6.07 Å². The van der Waals surface area contributed by atoms with Gasteiger partial charge in [-0.25, -0.2) is 0 Å². The molecular weight excluding hydrogens is 294 g/mol. The zero-order valence-electron chi connectivity index (χ0n) is 9.58. The summed E-state index contributed by atoms with van der Waals surface area (Å²) in [6.45, 7) is 0.394. The van der Waals surface area contributed by atoms with Crippen LogP contribution in [0.1, 0.15) is 5.56 Å². The Morgan fingerprint density at radius 3 is 2.72 bits per heavy atom. The summed E-state index contributed by atoms with van der Waals surface area (Å²) in [7, 11) is 0. The van der Waals surface area contributed by atoms with Crippen LogP contribution in [0.3, 0.4) is 0 Å². The lowest BCUT2D eigenvalue weighted by atomic mass is 10.2. The predicted molar refractivity (Wildman–Crippen MR) is 75.1 cm³/mol. The fourth-order valence-electron chi connectivity index (χ4n) is 1.35. The molecule has 4 nitrogen and oxygen atoms in total. The van der Waals surface area contributed by atoms with Crippen molar-refractivity contribution in [2.24, 2.45) is 0 Å². The zero-order chi connectivity index (χ0) is 12.8. The number of halogens is 1. The highest BCUT2D eigenvalue weighted by Gasteiger charge is 2.00. The van der Waals surface area contributed by atoms with Crippen molar-refractivity contribution in [1.29, 1.82) is 0 Å². The van der Waals surface area contributed by atoms with E-state index in [2.05, 4.69) is 25.9 Å². The highest BCUT2D eigenvalue weighted by molar-refractivity contribution is 9.10. The monoisotopic (exact) mass is 305 g/mol. The summed E-state index contributed by atoms with van der Waals surface area (Å²) in [6.07, 6.45) is 3.87. The van der Waals surface area contributed by atoms with Gasteiger partial charge in [-0.05, 0) is 27.6 Å². The van der Waals surface area contributed by atoms with Gasteiger partial charge in [0.25, 0.3) is 0 Å². The van der Waals surface area contributed by atoms with Gasteiger partial charge in [0.15, 0.2) is 0 Å². The van der Waals surface area contributed by atoms with E-state index < -0.39 is 0 Å². The smallest absolute Gasteiger partial charge is 0.319 e. The van der Waals surface area contributed by atoms with E-state index in [1.807, 2.05) is 42.5 Å². The lowest BCUT2D eigenvalue weighted by Crippen LogP contribution is -2.01. The first-order valence-corrected chi connectivity index (χ1v) is 6.18. The van der Waals surface area contributed by atoms with Crippen LogP contribution >= 0.6 is 15.9 Å². The number of benzene rings is 1. The van der Waals surface area contributed by atoms with Crippen LogP contribution in [0, 0.1) is 0 Å². The first-order chi connectivity index (χ1) is 8.74. The third-order valence-corrected chi connectivity index (χ3v) is 2.52. The largest absolute Gasteiger partial charge is 0.459 e. The number of nitrogens with two attached hydrogens (primary N) is 1. The number of ether oxygens (including phenoxy) is 1. The average Bonchev–Trinajstić information content (AvgIpc) is 2.35. The molecule has 0 spiro atoms. The molecule has 0 saturated heterocycles. The van der Waals surface area contributed by atoms with Crippen molar-refractivity contribution in [3.8, 4) is 6.01 Å². The van der Waals surface area contributed by atoms with Crippen LogP contribution < -0.4 is 10.5 Å². The van der Waals surface area contributed by atoms with E-state index in [1.165, 1.54) is 0 Å². The molecule has 2 aromatic rings. The van der Waals surface area contributed by atoms with Crippen molar-refractivity contribution >= 4 is 27.8 Å². The first kappa shape index (κ1) is 12.6. The Bertz CT molecular complexity index is 523. The van der Waals surface area contributed by atoms with Crippen molar-refractivity contribution in [2.75, 3.05) is 12.3 Å². The molecular formula is C13H12BrN3O. The van der Waals surface area contributed by atoms with Gasteiger partial charge in [0.2, 0.25) is 0 Å². The molecule has 92 valence electrons. The molecule has 0 atom stereocenters. The maximum atomic E-state index is 5.58. The molecule has 1 heterocycles. The molecule has 0 bridgehead atoms. The van der Waals surface area contributed by atoms with Gasteiger partial charge < -0.3 is 10.5 Å². The molecule has 2 N–H and O–H groups in total. The van der Waals surface area contributed by atoms with Gasteiger partial charge in [0.05, 0.1) is 0 Å². The van der Waals surface area contributed by atoms with Crippen LogP contribution in [0.2, 0.25) is 0 Å². The van der Waals surface area contributed by atoms with Crippen molar-refractivity contribution in [2.45, 2.75) is 0 Å². The van der Waals surface area contributed by atoms with E-state index in [0.29, 0.717) is 17.0 Å². The summed E-state index contributed by atoms with van der Waals surface area (Å²) in [5, 5.41) is 0. The molecule has 2 rings (SSSR count). The Labute approximate surface area is 114 Å². The molecule has 0 aliphatic carbocycles. The van der Waals surface area contributed by atoms with Crippen molar-refractivity contribution in [3.63, 3.8) is 0 Å². The zero-order valence-corrected chi connectivity index (χ0v) is 11.2. The number of nitrogen functional groups attached to an aromatic ring is 1. The van der Waals surface area contributed by atoms with Crippen LogP contribution in [0.4, 0.5) is 5.82 Å². The number of anilines is 1. The van der Waals surface area contributed by atoms with E-state index in [9.17, 15) is 0 Å². The van der Waals surface area contributed by atoms with Crippen LogP contribution in [-0.4, -0.2) is 16.6 Å². The fraction of sp³-hybridized carbons (Fsp3) is 0.0769. The van der Waals surface area contributed by atoms with Gasteiger partial charge in [-0.2, -0.15) is 9.97 Å². The Hall–Kier alpha value is -1.88. The minimum absolute atomic E-state index is 0.264. The quantitative estimate of drug-likeness (QED) is 0.882. The summed E-state index contributed by atoms with van der Waals surface area (Å²) in [5.41, 5.74) is 6.70. The molecule has 0 aliphatic rings. The summed E-state index contributed by atoms with van der Waals surface area (Å²) < 4.78 is 5.98. The summed E-state index contributed by atoms with van der Waals surface area (Å²) in [4.78, 5) is 8.01. The number of hydrogen-bond acceptors (Lipinski definition) is 4. The van der Waals surface area contributed by atoms with Gasteiger partial charge in [0.1, 0.15) is 17.0 Å². The molecule has 0 saturated carbocycles. The van der Waals surface area contributed by atoms with Gasteiger partial charge >= 0.3 is 6.01 Å². The Balaban J connectivity index is 1.90. The Morgan fingerprint density at radius 2 is 2.00 bits per heavy atom. The average molecular weight is 306 g/mol. The van der Waals surface area contributed by atoms with Gasteiger partial charge in [-0.15, -0.1) is 0 Å². The van der Waals surface area contributed by atoms with E-state index in [-0.39, 0.29) is 6.01 Å². The van der Waals surface area contributed by atoms with Crippen LogP contribution in [0.5, 0.6) is 6.01 Å². The molecule has 0 fully saturated rings. The van der Waals surface area contributed by atoms with Crippen LogP contribution in [-0.2, 0) is 0 Å². The molecule has 0 aliphatic heterocycles. The van der Waals surface area contributed by atoms with Crippen LogP contribution in [0.25, 0.3) is 6.08 Å². The number of rotatable bonds is 4. The number of aromatic nitrogens is 2. The maximum Gasteiger partial charge on any atom is 0.319 e. The van der Waals surface area contributed by atoms with Gasteiger partial charge in [-0.3, -0.25) is 0 Å². The standard InChI is InChI=1S/C13H12BrN3O/c14-11-9-12(15)17-13(16-11)18-8-4-7-10-5-2-1-3-6-10/h1-7,9H,8H2,(H2,15,16,17)/b7-4+. The Kier molecular flexibility index (Phi) is 4.30. The highest BCUT2D eigenvalue weighted by atomic mass is 79.9. The van der Waals surface area contributed by atoms with E-state index in [0.717, 1.165) is 5.56 Å². The number of nitrogens with zero attached hydrogens (tertiary/aromatic N) is 2. The van der Waals surface area contributed by atoms with Crippen molar-refractivity contribution in [3.05, 3.63) is 52.6 Å². The van der Waals surface area contributed by atoms with Crippen molar-refractivity contribution < 1.29 is 4.74 Å². The maximum absolute atomic E-state index is 5.58. The predicted octanol–water partition coefficient (Wildman–Crippen LogP) is 2.91. The molecule has 5 heteroatoms. The second kappa shape index (κ2) is 6.16. The van der Waals surface area contributed by atoms with Crippen LogP contribution in [0.15, 0.2) is 47.1 Å². The molecule has 18 heavy (non-hydrogen) atoms. The lowest BCUT2D eigenvalue weighted by molar-refractivity contribution is 0.333. The SMILES string of the molecule is Nc1cc(Br)nc(OC/C=C/c2ccccc2)n1. The van der Waals surface area contributed by atoms with E-state index in [4.69, 9.17) is 10.5 Å². The minimum atomic E-state index is 0.264. The first-order valence-electron chi connectivity index (χ1n) is 5.38.